The van der Waals surface area contributed by atoms with E-state index in [0.717, 1.165) is 22.2 Å². The molecule has 7 heteroatoms. The molecule has 3 aromatic rings. The molecule has 0 aliphatic heterocycles. The van der Waals surface area contributed by atoms with Crippen molar-refractivity contribution in [2.24, 2.45) is 4.99 Å². The molecule has 2 aromatic carbocycles. The third kappa shape index (κ3) is 5.25. The number of rotatable bonds is 6. The summed E-state index contributed by atoms with van der Waals surface area (Å²) >= 11 is 0. The number of nitrogens with zero attached hydrogens (tertiary/aromatic N) is 2. The Hall–Kier alpha value is -2.55. The Morgan fingerprint density at radius 3 is 2.68 bits per heavy atom. The lowest BCUT2D eigenvalue weighted by atomic mass is 10.1. The van der Waals surface area contributed by atoms with E-state index in [4.69, 9.17) is 9.47 Å². The third-order valence-corrected chi connectivity index (χ3v) is 4.11. The fourth-order valence-corrected chi connectivity index (χ4v) is 2.83. The Morgan fingerprint density at radius 1 is 1.11 bits per heavy atom. The van der Waals surface area contributed by atoms with Gasteiger partial charge < -0.3 is 20.1 Å². The van der Waals surface area contributed by atoms with Crippen LogP contribution in [0.4, 0.5) is 5.69 Å². The molecule has 0 aliphatic carbocycles. The minimum absolute atomic E-state index is 0. The number of benzene rings is 2. The number of aliphatic imine (C=N–C) groups is 1. The molecule has 2 N–H and O–H groups in total. The highest BCUT2D eigenvalue weighted by Gasteiger charge is 2.08. The molecule has 0 saturated carbocycles. The van der Waals surface area contributed by atoms with Crippen molar-refractivity contribution in [1.82, 2.24) is 10.3 Å². The van der Waals surface area contributed by atoms with Crippen molar-refractivity contribution in [2.45, 2.75) is 13.5 Å². The van der Waals surface area contributed by atoms with Crippen LogP contribution < -0.4 is 20.1 Å². The number of fused-ring (bicyclic) bond motifs is 1. The lowest BCUT2D eigenvalue weighted by Crippen LogP contribution is -2.30. The summed E-state index contributed by atoms with van der Waals surface area (Å²) in [5.41, 5.74) is 2.97. The van der Waals surface area contributed by atoms with Crippen molar-refractivity contribution in [3.05, 3.63) is 60.3 Å². The van der Waals surface area contributed by atoms with Crippen LogP contribution in [-0.4, -0.2) is 31.7 Å². The lowest BCUT2D eigenvalue weighted by Gasteiger charge is -2.15. The van der Waals surface area contributed by atoms with Crippen LogP contribution in [0.2, 0.25) is 0 Å². The maximum atomic E-state index is 5.63. The number of hydrogen-bond donors (Lipinski definition) is 2. The highest BCUT2D eigenvalue weighted by Crippen LogP contribution is 2.30. The van der Waals surface area contributed by atoms with E-state index in [2.05, 4.69) is 38.8 Å². The largest absolute Gasteiger partial charge is 0.493 e. The Morgan fingerprint density at radius 2 is 1.93 bits per heavy atom. The second kappa shape index (κ2) is 10.7. The van der Waals surface area contributed by atoms with Crippen LogP contribution in [0, 0.1) is 0 Å². The zero-order valence-electron chi connectivity index (χ0n) is 16.2. The van der Waals surface area contributed by atoms with Gasteiger partial charge in [0.1, 0.15) is 0 Å². The van der Waals surface area contributed by atoms with Crippen molar-refractivity contribution in [2.75, 3.05) is 26.1 Å². The van der Waals surface area contributed by atoms with Gasteiger partial charge in [0.05, 0.1) is 19.2 Å². The van der Waals surface area contributed by atoms with Crippen LogP contribution in [0.15, 0.2) is 59.7 Å². The second-order valence-electron chi connectivity index (χ2n) is 5.84. The molecular weight excluding hydrogens is 467 g/mol. The van der Waals surface area contributed by atoms with Crippen LogP contribution in [0.25, 0.3) is 10.9 Å². The fourth-order valence-electron chi connectivity index (χ4n) is 2.83. The molecule has 0 saturated heterocycles. The van der Waals surface area contributed by atoms with Gasteiger partial charge in [-0.3, -0.25) is 9.98 Å². The van der Waals surface area contributed by atoms with Crippen LogP contribution in [0.5, 0.6) is 11.5 Å². The molecule has 1 heterocycles. The number of methoxy groups -OCH3 is 1. The van der Waals surface area contributed by atoms with Gasteiger partial charge in [-0.25, -0.2) is 0 Å². The van der Waals surface area contributed by atoms with Gasteiger partial charge >= 0.3 is 0 Å². The van der Waals surface area contributed by atoms with E-state index >= 15 is 0 Å². The maximum absolute atomic E-state index is 5.63. The number of nitrogens with one attached hydrogen (secondary N) is 2. The van der Waals surface area contributed by atoms with Gasteiger partial charge in [-0.15, -0.1) is 24.0 Å². The summed E-state index contributed by atoms with van der Waals surface area (Å²) in [5, 5.41) is 7.73. The van der Waals surface area contributed by atoms with E-state index in [0.29, 0.717) is 30.6 Å². The number of anilines is 1. The van der Waals surface area contributed by atoms with E-state index in [1.165, 1.54) is 0 Å². The average Bonchev–Trinajstić information content (AvgIpc) is 2.71. The Labute approximate surface area is 182 Å². The molecule has 0 spiro atoms. The van der Waals surface area contributed by atoms with E-state index in [-0.39, 0.29) is 24.0 Å². The number of ether oxygens (including phenoxy) is 2. The first-order chi connectivity index (χ1) is 13.2. The minimum atomic E-state index is 0. The van der Waals surface area contributed by atoms with Crippen molar-refractivity contribution < 1.29 is 9.47 Å². The summed E-state index contributed by atoms with van der Waals surface area (Å²) < 4.78 is 11.0. The highest BCUT2D eigenvalue weighted by atomic mass is 127. The van der Waals surface area contributed by atoms with Crippen LogP contribution in [-0.2, 0) is 6.54 Å². The van der Waals surface area contributed by atoms with Crippen molar-refractivity contribution in [3.8, 4) is 11.5 Å². The smallest absolute Gasteiger partial charge is 0.195 e. The van der Waals surface area contributed by atoms with Crippen molar-refractivity contribution >= 4 is 46.5 Å². The molecule has 148 valence electrons. The van der Waals surface area contributed by atoms with Gasteiger partial charge in [0.15, 0.2) is 17.5 Å². The average molecular weight is 492 g/mol. The highest BCUT2D eigenvalue weighted by molar-refractivity contribution is 14.0. The topological polar surface area (TPSA) is 67.8 Å². The number of guanidine groups is 1. The lowest BCUT2D eigenvalue weighted by molar-refractivity contribution is 0.311. The SMILES string of the molecule is CCOc1cc(NC(=NC)NCc2cccc3cccnc23)ccc1OC.I. The van der Waals surface area contributed by atoms with Gasteiger partial charge in [0.2, 0.25) is 0 Å². The number of aromatic nitrogens is 1. The molecule has 0 unspecified atom stereocenters. The summed E-state index contributed by atoms with van der Waals surface area (Å²) in [4.78, 5) is 8.79. The quantitative estimate of drug-likeness (QED) is 0.303. The Kier molecular flexibility index (Phi) is 8.31. The summed E-state index contributed by atoms with van der Waals surface area (Å²) in [6, 6.07) is 15.9. The molecule has 6 nitrogen and oxygen atoms in total. The van der Waals surface area contributed by atoms with Gasteiger partial charge in [-0.2, -0.15) is 0 Å². The molecule has 0 fully saturated rings. The van der Waals surface area contributed by atoms with Crippen molar-refractivity contribution in [3.63, 3.8) is 0 Å². The molecule has 28 heavy (non-hydrogen) atoms. The molecule has 0 bridgehead atoms. The predicted molar refractivity (Wildman–Crippen MR) is 125 cm³/mol. The Balaban J connectivity index is 0.00000280. The summed E-state index contributed by atoms with van der Waals surface area (Å²) in [6.07, 6.45) is 1.81. The zero-order chi connectivity index (χ0) is 19.1. The normalized spacial score (nSPS) is 10.9. The van der Waals surface area contributed by atoms with E-state index in [1.54, 1.807) is 14.2 Å². The Bertz CT molecular complexity index is 941. The molecule has 0 radical (unpaired) electrons. The first kappa shape index (κ1) is 21.7. The summed E-state index contributed by atoms with van der Waals surface area (Å²) in [5.74, 6) is 2.06. The van der Waals surface area contributed by atoms with Crippen LogP contribution in [0.1, 0.15) is 12.5 Å². The van der Waals surface area contributed by atoms with Gasteiger partial charge in [-0.1, -0.05) is 24.3 Å². The predicted octanol–water partition coefficient (Wildman–Crippen LogP) is 4.45. The van der Waals surface area contributed by atoms with Gasteiger partial charge in [-0.05, 0) is 30.7 Å². The molecule has 0 atom stereocenters. The van der Waals surface area contributed by atoms with Crippen LogP contribution >= 0.6 is 24.0 Å². The number of hydrogen-bond acceptors (Lipinski definition) is 4. The second-order valence-corrected chi connectivity index (χ2v) is 5.84. The van der Waals surface area contributed by atoms with Gasteiger partial charge in [0, 0.05) is 36.9 Å². The molecular formula is C21H25IN4O2. The van der Waals surface area contributed by atoms with Crippen molar-refractivity contribution in [1.29, 1.82) is 0 Å². The number of halogens is 1. The standard InChI is InChI=1S/C21H24N4O2.HI/c1-4-27-19-13-17(10-11-18(19)26-3)25-21(22-2)24-14-16-8-5-7-15-9-6-12-23-20(15)16;/h5-13H,4,14H2,1-3H3,(H2,22,24,25);1H. The zero-order valence-corrected chi connectivity index (χ0v) is 18.6. The van der Waals surface area contributed by atoms with E-state index < -0.39 is 0 Å². The summed E-state index contributed by atoms with van der Waals surface area (Å²) in [7, 11) is 3.37. The van der Waals surface area contributed by atoms with Gasteiger partial charge in [0.25, 0.3) is 0 Å². The first-order valence-corrected chi connectivity index (χ1v) is 8.86. The monoisotopic (exact) mass is 492 g/mol. The number of para-hydroxylation sites is 1. The molecule has 0 amide bonds. The minimum Gasteiger partial charge on any atom is -0.493 e. The maximum Gasteiger partial charge on any atom is 0.195 e. The number of pyridine rings is 1. The first-order valence-electron chi connectivity index (χ1n) is 8.86. The molecule has 3 rings (SSSR count). The molecule has 0 aliphatic rings. The molecule has 1 aromatic heterocycles. The summed E-state index contributed by atoms with van der Waals surface area (Å²) in [6.45, 7) is 3.13. The van der Waals surface area contributed by atoms with Crippen LogP contribution in [0.3, 0.4) is 0 Å². The van der Waals surface area contributed by atoms with E-state index in [9.17, 15) is 0 Å². The fraction of sp³-hybridized carbons (Fsp3) is 0.238. The third-order valence-electron chi connectivity index (χ3n) is 4.11. The van der Waals surface area contributed by atoms with E-state index in [1.807, 2.05) is 43.5 Å².